The molecule has 0 aliphatic rings. The van der Waals surface area contributed by atoms with E-state index in [1.807, 2.05) is 24.6 Å². The van der Waals surface area contributed by atoms with Gasteiger partial charge in [0.2, 0.25) is 0 Å². The Kier molecular flexibility index (Phi) is 5.69. The molecule has 2 atom stereocenters. The molecule has 2 N–H and O–H groups in total. The van der Waals surface area contributed by atoms with Gasteiger partial charge in [0, 0.05) is 35.1 Å². The standard InChI is InChI=1S/C14H20N4OS2/c1-4-11(13-17-10(3)8-21-13)18-14(19)16-7-9(2)12-15-5-6-20-12/h5-6,8-9,11H,4,7H2,1-3H3,(H2,16,18,19)/t9-,11-/m1/s1. The fourth-order valence-corrected chi connectivity index (χ4v) is 3.52. The van der Waals surface area contributed by atoms with Crippen molar-refractivity contribution >= 4 is 28.7 Å². The maximum absolute atomic E-state index is 12.0. The first-order valence-corrected chi connectivity index (χ1v) is 8.71. The minimum atomic E-state index is -0.155. The van der Waals surface area contributed by atoms with Gasteiger partial charge in [0.1, 0.15) is 5.01 Å². The van der Waals surface area contributed by atoms with E-state index in [1.54, 1.807) is 28.9 Å². The molecule has 2 aromatic rings. The highest BCUT2D eigenvalue weighted by atomic mass is 32.1. The number of nitrogens with one attached hydrogen (secondary N) is 2. The molecule has 114 valence electrons. The summed E-state index contributed by atoms with van der Waals surface area (Å²) in [6, 6.07) is -0.183. The average Bonchev–Trinajstić information content (AvgIpc) is 3.13. The van der Waals surface area contributed by atoms with Crippen LogP contribution < -0.4 is 10.6 Å². The summed E-state index contributed by atoms with van der Waals surface area (Å²) in [5.74, 6) is 0.220. The lowest BCUT2D eigenvalue weighted by atomic mass is 10.2. The zero-order valence-electron chi connectivity index (χ0n) is 12.4. The topological polar surface area (TPSA) is 66.9 Å². The van der Waals surface area contributed by atoms with Crippen molar-refractivity contribution in [3.63, 3.8) is 0 Å². The second-order valence-corrected chi connectivity index (χ2v) is 6.73. The highest BCUT2D eigenvalue weighted by molar-refractivity contribution is 7.10. The molecule has 0 spiro atoms. The Morgan fingerprint density at radius 3 is 2.76 bits per heavy atom. The van der Waals surface area contributed by atoms with Crippen molar-refractivity contribution in [3.8, 4) is 0 Å². The molecular weight excluding hydrogens is 304 g/mol. The number of aromatic nitrogens is 2. The second kappa shape index (κ2) is 7.51. The molecule has 2 amide bonds. The van der Waals surface area contributed by atoms with Gasteiger partial charge in [-0.1, -0.05) is 13.8 Å². The Balaban J connectivity index is 1.83. The Hall–Kier alpha value is -1.47. The van der Waals surface area contributed by atoms with Crippen molar-refractivity contribution < 1.29 is 4.79 Å². The molecule has 0 saturated heterocycles. The molecule has 0 unspecified atom stereocenters. The van der Waals surface area contributed by atoms with Crippen LogP contribution in [-0.2, 0) is 0 Å². The minimum absolute atomic E-state index is 0.0288. The smallest absolute Gasteiger partial charge is 0.315 e. The Morgan fingerprint density at radius 2 is 2.19 bits per heavy atom. The molecule has 7 heteroatoms. The number of carbonyl (C=O) groups is 1. The maximum Gasteiger partial charge on any atom is 0.315 e. The summed E-state index contributed by atoms with van der Waals surface area (Å²) in [6.45, 7) is 6.63. The van der Waals surface area contributed by atoms with Crippen LogP contribution in [0.25, 0.3) is 0 Å². The lowest BCUT2D eigenvalue weighted by Gasteiger charge is -2.16. The van der Waals surface area contributed by atoms with Crippen LogP contribution in [-0.4, -0.2) is 22.5 Å². The maximum atomic E-state index is 12.0. The molecule has 2 heterocycles. The molecule has 21 heavy (non-hydrogen) atoms. The number of rotatable bonds is 6. The summed E-state index contributed by atoms with van der Waals surface area (Å²) in [4.78, 5) is 20.7. The number of nitrogens with zero attached hydrogens (tertiary/aromatic N) is 2. The summed E-state index contributed by atoms with van der Waals surface area (Å²) < 4.78 is 0. The summed E-state index contributed by atoms with van der Waals surface area (Å²) >= 11 is 3.19. The van der Waals surface area contributed by atoms with Crippen LogP contribution in [0, 0.1) is 6.92 Å². The van der Waals surface area contributed by atoms with Gasteiger partial charge in [-0.05, 0) is 13.3 Å². The lowest BCUT2D eigenvalue weighted by Crippen LogP contribution is -2.39. The van der Waals surface area contributed by atoms with Crippen molar-refractivity contribution in [3.05, 3.63) is 32.7 Å². The largest absolute Gasteiger partial charge is 0.337 e. The van der Waals surface area contributed by atoms with Gasteiger partial charge in [0.05, 0.1) is 11.0 Å². The fraction of sp³-hybridized carbons (Fsp3) is 0.500. The van der Waals surface area contributed by atoms with E-state index in [9.17, 15) is 4.79 Å². The third kappa shape index (κ3) is 4.50. The minimum Gasteiger partial charge on any atom is -0.337 e. The van der Waals surface area contributed by atoms with E-state index in [0.29, 0.717) is 6.54 Å². The number of hydrogen-bond donors (Lipinski definition) is 2. The summed E-state index contributed by atoms with van der Waals surface area (Å²) in [5.41, 5.74) is 0.994. The molecule has 0 aliphatic heterocycles. The first-order chi connectivity index (χ1) is 10.1. The Morgan fingerprint density at radius 1 is 1.38 bits per heavy atom. The van der Waals surface area contributed by atoms with Gasteiger partial charge in [-0.15, -0.1) is 22.7 Å². The lowest BCUT2D eigenvalue weighted by molar-refractivity contribution is 0.236. The molecule has 0 bridgehead atoms. The normalized spacial score (nSPS) is 13.7. The molecule has 0 aliphatic carbocycles. The van der Waals surface area contributed by atoms with Crippen molar-refractivity contribution in [1.82, 2.24) is 20.6 Å². The van der Waals surface area contributed by atoms with Crippen LogP contribution in [0.4, 0.5) is 4.79 Å². The number of amides is 2. The molecule has 0 radical (unpaired) electrons. The summed E-state index contributed by atoms with van der Waals surface area (Å²) in [6.07, 6.45) is 2.61. The quantitative estimate of drug-likeness (QED) is 0.855. The molecule has 5 nitrogen and oxygen atoms in total. The molecule has 2 aromatic heterocycles. The monoisotopic (exact) mass is 324 g/mol. The van der Waals surface area contributed by atoms with Gasteiger partial charge < -0.3 is 10.6 Å². The first-order valence-electron chi connectivity index (χ1n) is 6.96. The van der Waals surface area contributed by atoms with Crippen LogP contribution in [0.15, 0.2) is 17.0 Å². The molecule has 2 rings (SSSR count). The van der Waals surface area contributed by atoms with Gasteiger partial charge >= 0.3 is 6.03 Å². The van der Waals surface area contributed by atoms with E-state index in [-0.39, 0.29) is 18.0 Å². The predicted molar refractivity (Wildman–Crippen MR) is 86.9 cm³/mol. The van der Waals surface area contributed by atoms with E-state index in [2.05, 4.69) is 27.5 Å². The van der Waals surface area contributed by atoms with Gasteiger partial charge in [-0.25, -0.2) is 14.8 Å². The SMILES string of the molecule is CC[C@@H](NC(=O)NC[C@@H](C)c1nccs1)c1nc(C)cs1. The molecule has 0 aromatic carbocycles. The van der Waals surface area contributed by atoms with Crippen LogP contribution in [0.2, 0.25) is 0 Å². The number of carbonyl (C=O) groups excluding carboxylic acids is 1. The number of hydrogen-bond acceptors (Lipinski definition) is 5. The highest BCUT2D eigenvalue weighted by Crippen LogP contribution is 2.21. The van der Waals surface area contributed by atoms with E-state index in [1.165, 1.54) is 0 Å². The number of aryl methyl sites for hydroxylation is 1. The third-order valence-electron chi connectivity index (χ3n) is 3.09. The predicted octanol–water partition coefficient (Wildman–Crippen LogP) is 3.46. The van der Waals surface area contributed by atoms with E-state index in [4.69, 9.17) is 0 Å². The van der Waals surface area contributed by atoms with Gasteiger partial charge in [0.25, 0.3) is 0 Å². The van der Waals surface area contributed by atoms with E-state index in [0.717, 1.165) is 22.1 Å². The summed E-state index contributed by atoms with van der Waals surface area (Å²) in [5, 5.41) is 11.8. The zero-order chi connectivity index (χ0) is 15.2. The molecule has 0 saturated carbocycles. The second-order valence-electron chi connectivity index (χ2n) is 4.91. The van der Waals surface area contributed by atoms with Crippen LogP contribution in [0.1, 0.15) is 47.9 Å². The van der Waals surface area contributed by atoms with Gasteiger partial charge in [0.15, 0.2) is 0 Å². The summed E-state index contributed by atoms with van der Waals surface area (Å²) in [7, 11) is 0. The Labute approximate surface area is 132 Å². The third-order valence-corrected chi connectivity index (χ3v) is 5.17. The van der Waals surface area contributed by atoms with Crippen LogP contribution in [0.3, 0.4) is 0 Å². The van der Waals surface area contributed by atoms with E-state index >= 15 is 0 Å². The first kappa shape index (κ1) is 15.9. The van der Waals surface area contributed by atoms with Crippen molar-refractivity contribution in [2.24, 2.45) is 0 Å². The number of thiazole rings is 2. The molecular formula is C14H20N4OS2. The van der Waals surface area contributed by atoms with Crippen molar-refractivity contribution in [2.45, 2.75) is 39.2 Å². The highest BCUT2D eigenvalue weighted by Gasteiger charge is 2.16. The van der Waals surface area contributed by atoms with Crippen LogP contribution in [0.5, 0.6) is 0 Å². The van der Waals surface area contributed by atoms with Gasteiger partial charge in [-0.3, -0.25) is 0 Å². The Bertz CT molecular complexity index is 567. The fourth-order valence-electron chi connectivity index (χ4n) is 1.89. The number of urea groups is 1. The molecule has 0 fully saturated rings. The van der Waals surface area contributed by atoms with E-state index < -0.39 is 0 Å². The zero-order valence-corrected chi connectivity index (χ0v) is 14.1. The van der Waals surface area contributed by atoms with Gasteiger partial charge in [-0.2, -0.15) is 0 Å². The van der Waals surface area contributed by atoms with Crippen LogP contribution >= 0.6 is 22.7 Å². The van der Waals surface area contributed by atoms with Crippen molar-refractivity contribution in [2.75, 3.05) is 6.54 Å². The average molecular weight is 324 g/mol. The van der Waals surface area contributed by atoms with Crippen molar-refractivity contribution in [1.29, 1.82) is 0 Å².